The molecule has 2 rings (SSSR count). The van der Waals surface area contributed by atoms with Crippen molar-refractivity contribution in [3.05, 3.63) is 28.0 Å². The summed E-state index contributed by atoms with van der Waals surface area (Å²) < 4.78 is 19.5. The first-order valence-electron chi connectivity index (χ1n) is 5.73. The molecular formula is C13H13BrFNO. The van der Waals surface area contributed by atoms with Gasteiger partial charge in [0.25, 0.3) is 0 Å². The summed E-state index contributed by atoms with van der Waals surface area (Å²) in [5.74, 6) is 0.286. The average molecular weight is 298 g/mol. The summed E-state index contributed by atoms with van der Waals surface area (Å²) in [5.41, 5.74) is 0.288. The zero-order valence-corrected chi connectivity index (χ0v) is 11.0. The Morgan fingerprint density at radius 2 is 2.12 bits per heavy atom. The van der Waals surface area contributed by atoms with Gasteiger partial charge in [-0.3, -0.25) is 0 Å². The van der Waals surface area contributed by atoms with E-state index < -0.39 is 5.82 Å². The summed E-state index contributed by atoms with van der Waals surface area (Å²) >= 11 is 3.07. The van der Waals surface area contributed by atoms with E-state index in [2.05, 4.69) is 15.9 Å². The van der Waals surface area contributed by atoms with Crippen LogP contribution in [0.5, 0.6) is 5.75 Å². The molecule has 1 aromatic rings. The molecule has 0 bridgehead atoms. The molecule has 1 aromatic carbocycles. The summed E-state index contributed by atoms with van der Waals surface area (Å²) in [5, 5.41) is 8.75. The minimum absolute atomic E-state index is 0.184. The van der Waals surface area contributed by atoms with Crippen molar-refractivity contribution in [3.8, 4) is 11.8 Å². The largest absolute Gasteiger partial charge is 0.490 e. The second-order valence-electron chi connectivity index (χ2n) is 4.31. The lowest BCUT2D eigenvalue weighted by atomic mass is 10.1. The van der Waals surface area contributed by atoms with Crippen LogP contribution in [0.25, 0.3) is 0 Å². The van der Waals surface area contributed by atoms with E-state index >= 15 is 0 Å². The van der Waals surface area contributed by atoms with Crippen LogP contribution in [0.3, 0.4) is 0 Å². The molecule has 1 aliphatic rings. The van der Waals surface area contributed by atoms with Gasteiger partial charge in [0.1, 0.15) is 6.07 Å². The zero-order chi connectivity index (χ0) is 12.3. The Kier molecular flexibility index (Phi) is 4.01. The fourth-order valence-electron chi connectivity index (χ4n) is 2.11. The Labute approximate surface area is 109 Å². The van der Waals surface area contributed by atoms with Crippen LogP contribution in [0, 0.1) is 23.1 Å². The normalized spacial score (nSPS) is 15.8. The summed E-state index contributed by atoms with van der Waals surface area (Å²) in [4.78, 5) is 0. The molecule has 0 radical (unpaired) electrons. The molecule has 0 amide bonds. The SMILES string of the molecule is N#Cc1ccc(OCC2CCCC2)c(F)c1Br. The third-order valence-corrected chi connectivity index (χ3v) is 3.89. The number of benzene rings is 1. The first-order valence-corrected chi connectivity index (χ1v) is 6.52. The maximum atomic E-state index is 13.8. The average Bonchev–Trinajstić information content (AvgIpc) is 2.84. The second kappa shape index (κ2) is 5.50. The highest BCUT2D eigenvalue weighted by Crippen LogP contribution is 2.30. The van der Waals surface area contributed by atoms with Crippen molar-refractivity contribution in [2.24, 2.45) is 5.92 Å². The molecule has 1 fully saturated rings. The Bertz CT molecular complexity index is 449. The van der Waals surface area contributed by atoms with Crippen LogP contribution in [0.4, 0.5) is 4.39 Å². The van der Waals surface area contributed by atoms with Gasteiger partial charge in [0, 0.05) is 0 Å². The Morgan fingerprint density at radius 1 is 1.41 bits per heavy atom. The predicted molar refractivity (Wildman–Crippen MR) is 66.3 cm³/mol. The van der Waals surface area contributed by atoms with E-state index in [1.165, 1.54) is 31.7 Å². The lowest BCUT2D eigenvalue weighted by Crippen LogP contribution is -2.09. The molecule has 0 aromatic heterocycles. The monoisotopic (exact) mass is 297 g/mol. The van der Waals surface area contributed by atoms with Gasteiger partial charge in [-0.25, -0.2) is 4.39 Å². The first-order chi connectivity index (χ1) is 8.22. The number of nitriles is 1. The molecule has 0 saturated heterocycles. The van der Waals surface area contributed by atoms with Crippen LogP contribution >= 0.6 is 15.9 Å². The van der Waals surface area contributed by atoms with Gasteiger partial charge in [-0.2, -0.15) is 5.26 Å². The van der Waals surface area contributed by atoms with Gasteiger partial charge < -0.3 is 4.74 Å². The molecule has 0 N–H and O–H groups in total. The van der Waals surface area contributed by atoms with Crippen molar-refractivity contribution < 1.29 is 9.13 Å². The van der Waals surface area contributed by atoms with Gasteiger partial charge in [0.15, 0.2) is 11.6 Å². The second-order valence-corrected chi connectivity index (χ2v) is 5.11. The summed E-state index contributed by atoms with van der Waals surface area (Å²) in [7, 11) is 0. The molecule has 1 aliphatic carbocycles. The van der Waals surface area contributed by atoms with E-state index in [-0.39, 0.29) is 15.8 Å². The summed E-state index contributed by atoms with van der Waals surface area (Å²) in [6.45, 7) is 0.565. The van der Waals surface area contributed by atoms with Crippen LogP contribution in [0.15, 0.2) is 16.6 Å². The number of nitrogens with zero attached hydrogens (tertiary/aromatic N) is 1. The van der Waals surface area contributed by atoms with E-state index in [1.807, 2.05) is 6.07 Å². The fourth-order valence-corrected chi connectivity index (χ4v) is 2.53. The minimum atomic E-state index is -0.484. The molecule has 2 nitrogen and oxygen atoms in total. The molecule has 0 atom stereocenters. The number of hydrogen-bond acceptors (Lipinski definition) is 2. The third kappa shape index (κ3) is 2.78. The molecular weight excluding hydrogens is 285 g/mol. The van der Waals surface area contributed by atoms with Gasteiger partial charge >= 0.3 is 0 Å². The van der Waals surface area contributed by atoms with Crippen LogP contribution in [0.1, 0.15) is 31.2 Å². The van der Waals surface area contributed by atoms with Crippen molar-refractivity contribution in [1.82, 2.24) is 0 Å². The molecule has 90 valence electrons. The van der Waals surface area contributed by atoms with Gasteiger partial charge in [-0.1, -0.05) is 12.8 Å². The van der Waals surface area contributed by atoms with Crippen LogP contribution in [0.2, 0.25) is 0 Å². The van der Waals surface area contributed by atoms with Crippen LogP contribution in [-0.4, -0.2) is 6.61 Å². The summed E-state index contributed by atoms with van der Waals surface area (Å²) in [6.07, 6.45) is 4.82. The topological polar surface area (TPSA) is 33.0 Å². The molecule has 17 heavy (non-hydrogen) atoms. The maximum Gasteiger partial charge on any atom is 0.180 e. The van der Waals surface area contributed by atoms with Gasteiger partial charge in [-0.15, -0.1) is 0 Å². The van der Waals surface area contributed by atoms with E-state index in [0.717, 1.165) is 0 Å². The molecule has 0 unspecified atom stereocenters. The first kappa shape index (κ1) is 12.4. The van der Waals surface area contributed by atoms with Gasteiger partial charge in [0.05, 0.1) is 16.6 Å². The van der Waals surface area contributed by atoms with Crippen molar-refractivity contribution in [2.75, 3.05) is 6.61 Å². The Balaban J connectivity index is 2.06. The highest BCUT2D eigenvalue weighted by atomic mass is 79.9. The third-order valence-electron chi connectivity index (χ3n) is 3.12. The molecule has 0 aliphatic heterocycles. The quantitative estimate of drug-likeness (QED) is 0.844. The number of halogens is 2. The van der Waals surface area contributed by atoms with Crippen molar-refractivity contribution in [2.45, 2.75) is 25.7 Å². The molecule has 0 heterocycles. The predicted octanol–water partition coefficient (Wildman–Crippen LogP) is 4.03. The molecule has 4 heteroatoms. The van der Waals surface area contributed by atoms with E-state index in [9.17, 15) is 4.39 Å². The Morgan fingerprint density at radius 3 is 2.76 bits per heavy atom. The molecule has 1 saturated carbocycles. The van der Waals surface area contributed by atoms with Crippen LogP contribution in [-0.2, 0) is 0 Å². The smallest absolute Gasteiger partial charge is 0.180 e. The number of rotatable bonds is 3. The summed E-state index contributed by atoms with van der Waals surface area (Å²) in [6, 6.07) is 5.01. The van der Waals surface area contributed by atoms with Crippen molar-refractivity contribution in [3.63, 3.8) is 0 Å². The lowest BCUT2D eigenvalue weighted by molar-refractivity contribution is 0.241. The maximum absolute atomic E-state index is 13.8. The highest BCUT2D eigenvalue weighted by molar-refractivity contribution is 9.10. The van der Waals surface area contributed by atoms with E-state index in [1.54, 1.807) is 6.07 Å². The van der Waals surface area contributed by atoms with Crippen molar-refractivity contribution in [1.29, 1.82) is 5.26 Å². The zero-order valence-electron chi connectivity index (χ0n) is 9.38. The van der Waals surface area contributed by atoms with Gasteiger partial charge in [-0.05, 0) is 46.8 Å². The highest BCUT2D eigenvalue weighted by Gasteiger charge is 2.17. The Hall–Kier alpha value is -1.08. The fraction of sp³-hybridized carbons (Fsp3) is 0.462. The van der Waals surface area contributed by atoms with Gasteiger partial charge in [0.2, 0.25) is 0 Å². The van der Waals surface area contributed by atoms with Crippen LogP contribution < -0.4 is 4.74 Å². The lowest BCUT2D eigenvalue weighted by Gasteiger charge is -2.12. The number of ether oxygens (including phenoxy) is 1. The number of hydrogen-bond donors (Lipinski definition) is 0. The standard InChI is InChI=1S/C13H13BrFNO/c14-12-10(7-16)5-6-11(13(12)15)17-8-9-3-1-2-4-9/h5-6,9H,1-4,8H2. The van der Waals surface area contributed by atoms with E-state index in [0.29, 0.717) is 12.5 Å². The minimum Gasteiger partial charge on any atom is -0.490 e. The molecule has 0 spiro atoms. The van der Waals surface area contributed by atoms with E-state index in [4.69, 9.17) is 10.00 Å². The van der Waals surface area contributed by atoms with Crippen molar-refractivity contribution >= 4 is 15.9 Å².